The van der Waals surface area contributed by atoms with Crippen LogP contribution >= 0.6 is 0 Å². The van der Waals surface area contributed by atoms with Crippen LogP contribution in [0.2, 0.25) is 0 Å². The zero-order chi connectivity index (χ0) is 33.4. The molecule has 48 heavy (non-hydrogen) atoms. The first-order valence-corrected chi connectivity index (χ1v) is 18.1. The third kappa shape index (κ3) is 6.31. The lowest BCUT2D eigenvalue weighted by Crippen LogP contribution is -2.36. The monoisotopic (exact) mass is 647 g/mol. The van der Waals surface area contributed by atoms with Gasteiger partial charge in [-0.3, -0.25) is 4.79 Å². The molecule has 7 rings (SSSR count). The summed E-state index contributed by atoms with van der Waals surface area (Å²) >= 11 is 0. The Labute approximate surface area is 284 Å². The maximum atomic E-state index is 12.6. The minimum absolute atomic E-state index is 0.197. The van der Waals surface area contributed by atoms with Crippen LogP contribution in [0.15, 0.2) is 60.7 Å². The van der Waals surface area contributed by atoms with Gasteiger partial charge in [0.05, 0.1) is 11.3 Å². The standard InChI is InChI=1S/C41H49N3O4/c1-27(2)28-19-22-43(23-20-28)36-18-14-33(44-21-7-10-38(44)45)24-32(36)26-48-34-15-11-30(12-16-34)40-39(29-8-5-4-6-9-29)35-17-13-31(41(46)47)25-37(35)42(40)3/h11-18,24-25,27-29H,4-10,19-23,26H2,1-3H3,(H,46,47). The molecule has 4 aromatic rings. The van der Waals surface area contributed by atoms with Gasteiger partial charge < -0.3 is 24.2 Å². The average molecular weight is 648 g/mol. The number of fused-ring (bicyclic) bond motifs is 1. The van der Waals surface area contributed by atoms with Gasteiger partial charge in [-0.15, -0.1) is 0 Å². The summed E-state index contributed by atoms with van der Waals surface area (Å²) < 4.78 is 8.68. The molecular weight excluding hydrogens is 598 g/mol. The molecule has 0 spiro atoms. The molecule has 2 saturated heterocycles. The highest BCUT2D eigenvalue weighted by atomic mass is 16.5. The number of carboxylic acids is 1. The van der Waals surface area contributed by atoms with Gasteiger partial charge in [0, 0.05) is 60.9 Å². The number of aryl methyl sites for hydroxylation is 1. The molecule has 0 radical (unpaired) electrons. The minimum atomic E-state index is -0.902. The molecule has 3 aliphatic rings. The van der Waals surface area contributed by atoms with Gasteiger partial charge in [0.1, 0.15) is 12.4 Å². The summed E-state index contributed by atoms with van der Waals surface area (Å²) in [5.74, 6) is 2.03. The Morgan fingerprint density at radius 2 is 1.65 bits per heavy atom. The lowest BCUT2D eigenvalue weighted by Gasteiger charge is -2.36. The fourth-order valence-corrected chi connectivity index (χ4v) is 8.51. The molecule has 0 atom stereocenters. The SMILES string of the molecule is CC(C)C1CCN(c2ccc(N3CCCC3=O)cc2COc2ccc(-c3c(C4CCCCC4)c4ccc(C(=O)O)cc4n3C)cc2)CC1. The van der Waals surface area contributed by atoms with Gasteiger partial charge in [-0.25, -0.2) is 4.79 Å². The van der Waals surface area contributed by atoms with E-state index in [-0.39, 0.29) is 5.91 Å². The molecule has 3 aromatic carbocycles. The fourth-order valence-electron chi connectivity index (χ4n) is 8.51. The van der Waals surface area contributed by atoms with Gasteiger partial charge in [0.2, 0.25) is 5.91 Å². The van der Waals surface area contributed by atoms with E-state index in [1.165, 1.54) is 49.0 Å². The van der Waals surface area contributed by atoms with Gasteiger partial charge in [-0.2, -0.15) is 0 Å². The Hall–Kier alpha value is -4.26. The van der Waals surface area contributed by atoms with E-state index in [1.807, 2.05) is 17.0 Å². The number of amides is 1. The van der Waals surface area contributed by atoms with E-state index < -0.39 is 5.97 Å². The van der Waals surface area contributed by atoms with E-state index >= 15 is 0 Å². The van der Waals surface area contributed by atoms with Crippen LogP contribution in [0, 0.1) is 11.8 Å². The van der Waals surface area contributed by atoms with E-state index in [4.69, 9.17) is 4.74 Å². The Balaban J connectivity index is 1.17. The molecule has 1 amide bonds. The van der Waals surface area contributed by atoms with Crippen molar-refractivity contribution in [1.29, 1.82) is 0 Å². The number of ether oxygens (including phenoxy) is 1. The normalized spacial score (nSPS) is 18.0. The molecule has 7 nitrogen and oxygen atoms in total. The van der Waals surface area contributed by atoms with E-state index in [1.54, 1.807) is 6.07 Å². The topological polar surface area (TPSA) is 75.0 Å². The Bertz CT molecular complexity index is 1790. The molecule has 2 aliphatic heterocycles. The Morgan fingerprint density at radius 3 is 2.31 bits per heavy atom. The van der Waals surface area contributed by atoms with Crippen LogP contribution in [0.4, 0.5) is 11.4 Å². The summed E-state index contributed by atoms with van der Waals surface area (Å²) in [7, 11) is 2.06. The van der Waals surface area contributed by atoms with Gasteiger partial charge in [-0.05, 0) is 116 Å². The number of benzene rings is 3. The number of aromatic nitrogens is 1. The maximum absolute atomic E-state index is 12.6. The number of carbonyl (C=O) groups is 2. The third-order valence-corrected chi connectivity index (χ3v) is 11.3. The molecule has 7 heteroatoms. The molecule has 252 valence electrons. The summed E-state index contributed by atoms with van der Waals surface area (Å²) in [6, 6.07) is 20.4. The number of nitrogens with zero attached hydrogens (tertiary/aromatic N) is 3. The maximum Gasteiger partial charge on any atom is 0.335 e. The van der Waals surface area contributed by atoms with Gasteiger partial charge >= 0.3 is 5.97 Å². The molecule has 1 saturated carbocycles. The van der Waals surface area contributed by atoms with Crippen LogP contribution in [0.1, 0.15) is 99.0 Å². The van der Waals surface area contributed by atoms with E-state index in [0.717, 1.165) is 78.3 Å². The predicted octanol–water partition coefficient (Wildman–Crippen LogP) is 9.17. The first-order chi connectivity index (χ1) is 23.3. The van der Waals surface area contributed by atoms with Crippen molar-refractivity contribution in [2.24, 2.45) is 18.9 Å². The number of anilines is 2. The van der Waals surface area contributed by atoms with Crippen molar-refractivity contribution in [1.82, 2.24) is 4.57 Å². The number of carboxylic acid groups (broad SMARTS) is 1. The number of hydrogen-bond acceptors (Lipinski definition) is 4. The van der Waals surface area contributed by atoms with Crippen molar-refractivity contribution < 1.29 is 19.4 Å². The molecule has 3 fully saturated rings. The first-order valence-electron chi connectivity index (χ1n) is 18.1. The van der Waals surface area contributed by atoms with Crippen molar-refractivity contribution in [2.45, 2.75) is 84.2 Å². The number of piperidine rings is 1. The first kappa shape index (κ1) is 32.3. The second-order valence-electron chi connectivity index (χ2n) is 14.5. The number of aromatic carboxylic acids is 1. The van der Waals surface area contributed by atoms with Crippen molar-refractivity contribution in [2.75, 3.05) is 29.4 Å². The molecule has 0 bridgehead atoms. The van der Waals surface area contributed by atoms with Crippen LogP contribution < -0.4 is 14.5 Å². The largest absolute Gasteiger partial charge is 0.489 e. The minimum Gasteiger partial charge on any atom is -0.489 e. The summed E-state index contributed by atoms with van der Waals surface area (Å²) in [4.78, 5) is 28.9. The van der Waals surface area contributed by atoms with Gasteiger partial charge in [-0.1, -0.05) is 39.2 Å². The predicted molar refractivity (Wildman–Crippen MR) is 193 cm³/mol. The molecular formula is C41H49N3O4. The number of hydrogen-bond donors (Lipinski definition) is 1. The summed E-state index contributed by atoms with van der Waals surface area (Å²) in [5, 5.41) is 10.9. The van der Waals surface area contributed by atoms with E-state index in [0.29, 0.717) is 30.4 Å². The molecule has 3 heterocycles. The molecule has 1 aliphatic carbocycles. The highest BCUT2D eigenvalue weighted by molar-refractivity contribution is 5.98. The quantitative estimate of drug-likeness (QED) is 0.196. The van der Waals surface area contributed by atoms with Crippen molar-refractivity contribution in [3.63, 3.8) is 0 Å². The summed E-state index contributed by atoms with van der Waals surface area (Å²) in [6.07, 6.45) is 9.96. The zero-order valence-electron chi connectivity index (χ0n) is 28.7. The van der Waals surface area contributed by atoms with Crippen molar-refractivity contribution in [3.8, 4) is 17.0 Å². The summed E-state index contributed by atoms with van der Waals surface area (Å²) in [6.45, 7) is 7.93. The van der Waals surface area contributed by atoms with E-state index in [9.17, 15) is 14.7 Å². The van der Waals surface area contributed by atoms with Crippen molar-refractivity contribution >= 4 is 34.2 Å². The zero-order valence-corrected chi connectivity index (χ0v) is 28.7. The highest BCUT2D eigenvalue weighted by Crippen LogP contribution is 2.44. The van der Waals surface area contributed by atoms with Crippen molar-refractivity contribution in [3.05, 3.63) is 77.4 Å². The highest BCUT2D eigenvalue weighted by Gasteiger charge is 2.28. The van der Waals surface area contributed by atoms with Crippen LogP contribution in [0.3, 0.4) is 0 Å². The number of carbonyl (C=O) groups excluding carboxylic acids is 1. The third-order valence-electron chi connectivity index (χ3n) is 11.3. The smallest absolute Gasteiger partial charge is 0.335 e. The Morgan fingerprint density at radius 1 is 0.896 bits per heavy atom. The lowest BCUT2D eigenvalue weighted by molar-refractivity contribution is -0.117. The van der Waals surface area contributed by atoms with Crippen LogP contribution in [0.25, 0.3) is 22.2 Å². The van der Waals surface area contributed by atoms with Crippen LogP contribution in [-0.4, -0.2) is 41.2 Å². The second kappa shape index (κ2) is 13.7. The summed E-state index contributed by atoms with van der Waals surface area (Å²) in [5.41, 5.74) is 8.19. The van der Waals surface area contributed by atoms with Gasteiger partial charge in [0.25, 0.3) is 0 Å². The number of rotatable bonds is 9. The van der Waals surface area contributed by atoms with Crippen LogP contribution in [-0.2, 0) is 18.4 Å². The molecule has 0 unspecified atom stereocenters. The van der Waals surface area contributed by atoms with Crippen LogP contribution in [0.5, 0.6) is 5.75 Å². The second-order valence-corrected chi connectivity index (χ2v) is 14.5. The van der Waals surface area contributed by atoms with Gasteiger partial charge in [0.15, 0.2) is 0 Å². The molecule has 1 aromatic heterocycles. The average Bonchev–Trinajstić information content (AvgIpc) is 3.67. The Kier molecular flexibility index (Phi) is 9.21. The molecule has 1 N–H and O–H groups in total. The lowest BCUT2D eigenvalue weighted by atomic mass is 9.82. The fraction of sp³-hybridized carbons (Fsp3) is 0.463. The van der Waals surface area contributed by atoms with E-state index in [2.05, 4.69) is 72.8 Å².